The molecule has 0 bridgehead atoms. The molecule has 0 radical (unpaired) electrons. The number of hydrogen-bond acceptors (Lipinski definition) is 3. The summed E-state index contributed by atoms with van der Waals surface area (Å²) in [6.07, 6.45) is 0. The van der Waals surface area contributed by atoms with Crippen molar-refractivity contribution in [2.75, 3.05) is 0 Å². The minimum absolute atomic E-state index is 0.662. The summed E-state index contributed by atoms with van der Waals surface area (Å²) in [6, 6.07) is 58.1. The summed E-state index contributed by atoms with van der Waals surface area (Å²) in [6.45, 7) is 4.92. The lowest BCUT2D eigenvalue weighted by Crippen LogP contribution is -2.49. The molecule has 2 heterocycles. The van der Waals surface area contributed by atoms with Crippen LogP contribution in [0, 0.1) is 0 Å². The van der Waals surface area contributed by atoms with E-state index in [0.717, 1.165) is 33.4 Å². The summed E-state index contributed by atoms with van der Waals surface area (Å²) >= 11 is 0. The fourth-order valence-electron chi connectivity index (χ4n) is 7.40. The van der Waals surface area contributed by atoms with Gasteiger partial charge in [0.15, 0.2) is 17.5 Å². The third-order valence-corrected chi connectivity index (χ3v) is 13.5. The van der Waals surface area contributed by atoms with E-state index in [9.17, 15) is 0 Å². The minimum Gasteiger partial charge on any atom is -0.208 e. The largest absolute Gasteiger partial charge is 0.208 e. The molecule has 9 rings (SSSR count). The molecule has 232 valence electrons. The highest BCUT2D eigenvalue weighted by atomic mass is 28.3. The van der Waals surface area contributed by atoms with Crippen LogP contribution in [-0.2, 0) is 0 Å². The van der Waals surface area contributed by atoms with Crippen LogP contribution in [0.25, 0.3) is 78.3 Å². The monoisotopic (exact) mass is 643 g/mol. The van der Waals surface area contributed by atoms with Crippen molar-refractivity contribution in [3.8, 4) is 67.5 Å². The van der Waals surface area contributed by atoms with E-state index < -0.39 is 8.07 Å². The maximum Gasteiger partial charge on any atom is 0.164 e. The summed E-state index contributed by atoms with van der Waals surface area (Å²) in [5.41, 5.74) is 10.2. The molecule has 7 aromatic carbocycles. The Morgan fingerprint density at radius 3 is 1.65 bits per heavy atom. The van der Waals surface area contributed by atoms with Crippen LogP contribution in [0.3, 0.4) is 0 Å². The zero-order chi connectivity index (χ0) is 33.0. The zero-order valence-corrected chi connectivity index (χ0v) is 28.4. The van der Waals surface area contributed by atoms with Gasteiger partial charge in [-0.1, -0.05) is 171 Å². The summed E-state index contributed by atoms with van der Waals surface area (Å²) < 4.78 is 0. The van der Waals surface area contributed by atoms with Gasteiger partial charge in [0.2, 0.25) is 0 Å². The lowest BCUT2D eigenvalue weighted by Gasteiger charge is -2.19. The summed E-state index contributed by atoms with van der Waals surface area (Å²) in [5.74, 6) is 2.02. The molecule has 8 aromatic rings. The summed E-state index contributed by atoms with van der Waals surface area (Å²) in [7, 11) is -1.97. The average molecular weight is 644 g/mol. The van der Waals surface area contributed by atoms with Crippen LogP contribution in [0.5, 0.6) is 0 Å². The van der Waals surface area contributed by atoms with Gasteiger partial charge in [-0.05, 0) is 60.6 Å². The molecular formula is C45H33N3Si. The molecule has 0 saturated heterocycles. The SMILES string of the molecule is C[Si]1(C)c2cccc(-c3nc(-c4ccc(-c5ccccc5)cc4)nc(-c4cccc(-c5ccccc5)c4)n3)c2-c2c1ccc1ccccc21. The van der Waals surface area contributed by atoms with Gasteiger partial charge in [-0.2, -0.15) is 0 Å². The predicted octanol–water partition coefficient (Wildman–Crippen LogP) is 10.2. The van der Waals surface area contributed by atoms with Crippen LogP contribution in [0.2, 0.25) is 13.1 Å². The Bertz CT molecular complexity index is 2510. The van der Waals surface area contributed by atoms with Gasteiger partial charge >= 0.3 is 0 Å². The van der Waals surface area contributed by atoms with Crippen molar-refractivity contribution < 1.29 is 0 Å². The summed E-state index contributed by atoms with van der Waals surface area (Å²) in [4.78, 5) is 15.7. The van der Waals surface area contributed by atoms with Gasteiger partial charge in [0.1, 0.15) is 8.07 Å². The van der Waals surface area contributed by atoms with Gasteiger partial charge in [0.25, 0.3) is 0 Å². The molecule has 0 N–H and O–H groups in total. The smallest absolute Gasteiger partial charge is 0.164 e. The molecule has 0 fully saturated rings. The zero-order valence-electron chi connectivity index (χ0n) is 27.4. The van der Waals surface area contributed by atoms with Gasteiger partial charge in [0, 0.05) is 16.7 Å². The molecule has 49 heavy (non-hydrogen) atoms. The molecule has 1 aliphatic heterocycles. The first kappa shape index (κ1) is 29.2. The first-order valence-corrected chi connectivity index (χ1v) is 19.8. The maximum atomic E-state index is 5.27. The lowest BCUT2D eigenvalue weighted by molar-refractivity contribution is 1.07. The Labute approximate surface area is 287 Å². The number of benzene rings is 7. The van der Waals surface area contributed by atoms with Crippen LogP contribution >= 0.6 is 0 Å². The highest BCUT2D eigenvalue weighted by Gasteiger charge is 2.40. The van der Waals surface area contributed by atoms with Crippen LogP contribution in [-0.4, -0.2) is 23.0 Å². The third kappa shape index (κ3) is 5.00. The van der Waals surface area contributed by atoms with E-state index in [-0.39, 0.29) is 0 Å². The standard InChI is InChI=1S/C45H33N3Si/c1-49(2)39-22-12-21-38(42(39)41-37-20-10-9-17-33(37)27-28-40(41)49)45-47-43(34-25-23-32(24-26-34)30-13-5-3-6-14-30)46-44(48-45)36-19-11-18-35(29-36)31-15-7-4-8-16-31/h3-29H,1-2H3. The van der Waals surface area contributed by atoms with E-state index in [0.29, 0.717) is 17.5 Å². The third-order valence-electron chi connectivity index (χ3n) is 9.94. The van der Waals surface area contributed by atoms with Crippen molar-refractivity contribution in [3.63, 3.8) is 0 Å². The number of fused-ring (bicyclic) bond motifs is 5. The van der Waals surface area contributed by atoms with E-state index in [1.807, 2.05) is 12.1 Å². The molecule has 0 aliphatic carbocycles. The van der Waals surface area contributed by atoms with E-state index in [1.54, 1.807) is 0 Å². The molecule has 1 aliphatic rings. The molecule has 4 heteroatoms. The lowest BCUT2D eigenvalue weighted by atomic mass is 9.94. The van der Waals surface area contributed by atoms with Gasteiger partial charge in [-0.15, -0.1) is 0 Å². The first-order valence-electron chi connectivity index (χ1n) is 16.8. The second-order valence-corrected chi connectivity index (χ2v) is 17.6. The number of hydrogen-bond donors (Lipinski definition) is 0. The topological polar surface area (TPSA) is 38.7 Å². The minimum atomic E-state index is -1.97. The van der Waals surface area contributed by atoms with Crippen LogP contribution in [0.15, 0.2) is 164 Å². The Kier molecular flexibility index (Phi) is 6.92. The van der Waals surface area contributed by atoms with Crippen molar-refractivity contribution in [2.24, 2.45) is 0 Å². The molecule has 0 unspecified atom stereocenters. The van der Waals surface area contributed by atoms with Crippen molar-refractivity contribution in [3.05, 3.63) is 164 Å². The quantitative estimate of drug-likeness (QED) is 0.175. The van der Waals surface area contributed by atoms with Gasteiger partial charge in [0.05, 0.1) is 0 Å². The van der Waals surface area contributed by atoms with Gasteiger partial charge in [-0.25, -0.2) is 15.0 Å². The molecule has 0 amide bonds. The van der Waals surface area contributed by atoms with Crippen LogP contribution < -0.4 is 10.4 Å². The van der Waals surface area contributed by atoms with E-state index in [2.05, 4.69) is 165 Å². The number of aromatic nitrogens is 3. The molecule has 0 saturated carbocycles. The average Bonchev–Trinajstić information content (AvgIpc) is 3.42. The highest BCUT2D eigenvalue weighted by molar-refractivity contribution is 7.04. The fourth-order valence-corrected chi connectivity index (χ4v) is 10.5. The molecule has 1 aromatic heterocycles. The summed E-state index contributed by atoms with van der Waals surface area (Å²) in [5, 5.41) is 5.43. The van der Waals surface area contributed by atoms with Crippen LogP contribution in [0.1, 0.15) is 0 Å². The Morgan fingerprint density at radius 1 is 0.367 bits per heavy atom. The fraction of sp³-hybridized carbons (Fsp3) is 0.0444. The molecular weight excluding hydrogens is 611 g/mol. The van der Waals surface area contributed by atoms with Crippen molar-refractivity contribution in [1.82, 2.24) is 15.0 Å². The normalized spacial score (nSPS) is 12.9. The van der Waals surface area contributed by atoms with Crippen molar-refractivity contribution in [1.29, 1.82) is 0 Å². The maximum absolute atomic E-state index is 5.27. The Balaban J connectivity index is 1.26. The van der Waals surface area contributed by atoms with E-state index >= 15 is 0 Å². The van der Waals surface area contributed by atoms with E-state index in [4.69, 9.17) is 15.0 Å². The first-order chi connectivity index (χ1) is 24.0. The Hall–Kier alpha value is -5.97. The number of rotatable bonds is 5. The second-order valence-electron chi connectivity index (χ2n) is 13.3. The van der Waals surface area contributed by atoms with Gasteiger partial charge in [-0.3, -0.25) is 0 Å². The molecule has 0 atom stereocenters. The van der Waals surface area contributed by atoms with E-state index in [1.165, 1.54) is 37.8 Å². The second kappa shape index (κ2) is 11.6. The highest BCUT2D eigenvalue weighted by Crippen LogP contribution is 2.40. The Morgan fingerprint density at radius 2 is 0.898 bits per heavy atom. The predicted molar refractivity (Wildman–Crippen MR) is 207 cm³/mol. The van der Waals surface area contributed by atoms with Crippen molar-refractivity contribution >= 4 is 29.2 Å². The molecule has 0 spiro atoms. The number of nitrogens with zero attached hydrogens (tertiary/aromatic N) is 3. The van der Waals surface area contributed by atoms with Gasteiger partial charge < -0.3 is 0 Å². The molecule has 3 nitrogen and oxygen atoms in total. The van der Waals surface area contributed by atoms with Crippen molar-refractivity contribution in [2.45, 2.75) is 13.1 Å². The van der Waals surface area contributed by atoms with Crippen LogP contribution in [0.4, 0.5) is 0 Å².